The van der Waals surface area contributed by atoms with Crippen molar-refractivity contribution < 1.29 is 4.79 Å². The third-order valence-corrected chi connectivity index (χ3v) is 5.53. The van der Waals surface area contributed by atoms with Crippen LogP contribution >= 0.6 is 23.8 Å². The molecule has 1 aromatic carbocycles. The number of rotatable bonds is 5. The molecular weight excluding hydrogens is 354 g/mol. The Morgan fingerprint density at radius 1 is 1.40 bits per heavy atom. The SMILES string of the molecule is CCCCN(C(=S)Nc1ccc(C)c(Cl)c1)C1CCN(C(C)=O)CC1. The Kier molecular flexibility index (Phi) is 7.51. The number of thiocarbonyl (C=S) groups is 1. The number of anilines is 1. The number of aryl methyl sites for hydroxylation is 1. The van der Waals surface area contributed by atoms with E-state index in [0.717, 1.165) is 66.7 Å². The summed E-state index contributed by atoms with van der Waals surface area (Å²) in [5.74, 6) is 0.161. The van der Waals surface area contributed by atoms with Gasteiger partial charge in [-0.1, -0.05) is 31.0 Å². The molecule has 0 aliphatic carbocycles. The fourth-order valence-corrected chi connectivity index (χ4v) is 3.68. The van der Waals surface area contributed by atoms with Gasteiger partial charge < -0.3 is 15.1 Å². The van der Waals surface area contributed by atoms with Gasteiger partial charge in [0.2, 0.25) is 5.91 Å². The van der Waals surface area contributed by atoms with Gasteiger partial charge in [0.05, 0.1) is 0 Å². The number of piperidine rings is 1. The lowest BCUT2D eigenvalue weighted by atomic mass is 10.0. The summed E-state index contributed by atoms with van der Waals surface area (Å²) in [4.78, 5) is 15.8. The van der Waals surface area contributed by atoms with Crippen molar-refractivity contribution in [3.8, 4) is 0 Å². The average Bonchev–Trinajstić information content (AvgIpc) is 2.59. The van der Waals surface area contributed by atoms with Crippen molar-refractivity contribution in [3.05, 3.63) is 28.8 Å². The van der Waals surface area contributed by atoms with Crippen molar-refractivity contribution >= 4 is 40.5 Å². The van der Waals surface area contributed by atoms with Crippen molar-refractivity contribution in [1.82, 2.24) is 9.80 Å². The van der Waals surface area contributed by atoms with Crippen LogP contribution in [-0.4, -0.2) is 46.5 Å². The van der Waals surface area contributed by atoms with Crippen LogP contribution in [0.2, 0.25) is 5.02 Å². The Hall–Kier alpha value is -1.33. The largest absolute Gasteiger partial charge is 0.346 e. The van der Waals surface area contributed by atoms with Gasteiger partial charge in [-0.2, -0.15) is 0 Å². The number of halogens is 1. The number of carbonyl (C=O) groups excluding carboxylic acids is 1. The normalized spacial score (nSPS) is 15.1. The first-order valence-corrected chi connectivity index (χ1v) is 9.80. The third-order valence-electron chi connectivity index (χ3n) is 4.79. The highest BCUT2D eigenvalue weighted by atomic mass is 35.5. The predicted molar refractivity (Wildman–Crippen MR) is 109 cm³/mol. The molecule has 25 heavy (non-hydrogen) atoms. The summed E-state index contributed by atoms with van der Waals surface area (Å²) in [6.45, 7) is 8.37. The van der Waals surface area contributed by atoms with Gasteiger partial charge in [-0.25, -0.2) is 0 Å². The molecular formula is C19H28ClN3OS. The smallest absolute Gasteiger partial charge is 0.219 e. The van der Waals surface area contributed by atoms with E-state index in [4.69, 9.17) is 23.8 Å². The molecule has 2 rings (SSSR count). The number of likely N-dealkylation sites (tertiary alicyclic amines) is 1. The second kappa shape index (κ2) is 9.39. The minimum Gasteiger partial charge on any atom is -0.346 e. The van der Waals surface area contributed by atoms with Gasteiger partial charge in [-0.05, 0) is 56.1 Å². The molecule has 138 valence electrons. The fourth-order valence-electron chi connectivity index (χ4n) is 3.14. The van der Waals surface area contributed by atoms with Gasteiger partial charge in [0.25, 0.3) is 0 Å². The Morgan fingerprint density at radius 3 is 2.64 bits per heavy atom. The number of carbonyl (C=O) groups is 1. The second-order valence-electron chi connectivity index (χ2n) is 6.68. The van der Waals surface area contributed by atoms with Crippen molar-refractivity contribution in [3.63, 3.8) is 0 Å². The Bertz CT molecular complexity index is 615. The maximum Gasteiger partial charge on any atom is 0.219 e. The number of unbranched alkanes of at least 4 members (excludes halogenated alkanes) is 1. The lowest BCUT2D eigenvalue weighted by Gasteiger charge is -2.39. The molecule has 0 spiro atoms. The standard InChI is InChI=1S/C19H28ClN3OS/c1-4-5-10-23(17-8-11-22(12-9-17)15(3)24)19(25)21-16-7-6-14(2)18(20)13-16/h6-7,13,17H,4-5,8-12H2,1-3H3,(H,21,25). The van der Waals surface area contributed by atoms with E-state index in [-0.39, 0.29) is 5.91 Å². The topological polar surface area (TPSA) is 35.6 Å². The number of nitrogens with zero attached hydrogens (tertiary/aromatic N) is 2. The molecule has 1 saturated heterocycles. The van der Waals surface area contributed by atoms with Gasteiger partial charge in [0, 0.05) is 43.3 Å². The molecule has 0 saturated carbocycles. The number of nitrogens with one attached hydrogen (secondary N) is 1. The zero-order valence-electron chi connectivity index (χ0n) is 15.3. The van der Waals surface area contributed by atoms with E-state index < -0.39 is 0 Å². The first-order valence-electron chi connectivity index (χ1n) is 9.01. The van der Waals surface area contributed by atoms with Crippen molar-refractivity contribution in [2.24, 2.45) is 0 Å². The molecule has 0 radical (unpaired) electrons. The number of amides is 1. The summed E-state index contributed by atoms with van der Waals surface area (Å²) in [7, 11) is 0. The van der Waals surface area contributed by atoms with Gasteiger partial charge in [0.15, 0.2) is 5.11 Å². The molecule has 1 fully saturated rings. The third kappa shape index (κ3) is 5.58. The monoisotopic (exact) mass is 381 g/mol. The van der Waals surface area contributed by atoms with Crippen molar-refractivity contribution in [2.75, 3.05) is 25.0 Å². The lowest BCUT2D eigenvalue weighted by Crippen LogP contribution is -2.49. The Morgan fingerprint density at radius 2 is 2.08 bits per heavy atom. The Labute approximate surface area is 161 Å². The molecule has 1 heterocycles. The molecule has 1 amide bonds. The Balaban J connectivity index is 2.04. The van der Waals surface area contributed by atoms with Crippen LogP contribution in [0, 0.1) is 6.92 Å². The fraction of sp³-hybridized carbons (Fsp3) is 0.579. The number of benzene rings is 1. The van der Waals surface area contributed by atoms with Gasteiger partial charge >= 0.3 is 0 Å². The maximum atomic E-state index is 11.5. The van der Waals surface area contributed by atoms with E-state index in [0.29, 0.717) is 6.04 Å². The van der Waals surface area contributed by atoms with E-state index in [1.165, 1.54) is 0 Å². The maximum absolute atomic E-state index is 11.5. The zero-order valence-corrected chi connectivity index (χ0v) is 16.9. The molecule has 0 atom stereocenters. The first-order chi connectivity index (χ1) is 11.9. The number of hydrogen-bond donors (Lipinski definition) is 1. The van der Waals surface area contributed by atoms with E-state index in [9.17, 15) is 4.79 Å². The lowest BCUT2D eigenvalue weighted by molar-refractivity contribution is -0.130. The van der Waals surface area contributed by atoms with Crippen LogP contribution in [0.1, 0.15) is 45.1 Å². The van der Waals surface area contributed by atoms with Crippen molar-refractivity contribution in [1.29, 1.82) is 0 Å². The predicted octanol–water partition coefficient (Wildman–Crippen LogP) is 4.46. The van der Waals surface area contributed by atoms with Crippen LogP contribution in [-0.2, 0) is 4.79 Å². The number of hydrogen-bond acceptors (Lipinski definition) is 2. The van der Waals surface area contributed by atoms with Gasteiger partial charge in [0.1, 0.15) is 0 Å². The minimum absolute atomic E-state index is 0.161. The first kappa shape index (κ1) is 20.0. The van der Waals surface area contributed by atoms with Crippen LogP contribution in [0.3, 0.4) is 0 Å². The van der Waals surface area contributed by atoms with Crippen LogP contribution in [0.4, 0.5) is 5.69 Å². The molecule has 0 unspecified atom stereocenters. The average molecular weight is 382 g/mol. The second-order valence-corrected chi connectivity index (χ2v) is 7.47. The van der Waals surface area contributed by atoms with Gasteiger partial charge in [-0.3, -0.25) is 4.79 Å². The summed E-state index contributed by atoms with van der Waals surface area (Å²) in [6.07, 6.45) is 4.14. The van der Waals surface area contributed by atoms with Crippen molar-refractivity contribution in [2.45, 2.75) is 52.5 Å². The molecule has 0 bridgehead atoms. The van der Waals surface area contributed by atoms with Crippen LogP contribution in [0.25, 0.3) is 0 Å². The summed E-state index contributed by atoms with van der Waals surface area (Å²) in [5.41, 5.74) is 1.97. The minimum atomic E-state index is 0.161. The van der Waals surface area contributed by atoms with Crippen LogP contribution < -0.4 is 5.32 Å². The van der Waals surface area contributed by atoms with Crippen LogP contribution in [0.5, 0.6) is 0 Å². The summed E-state index contributed by atoms with van der Waals surface area (Å²) in [6, 6.07) is 6.29. The van der Waals surface area contributed by atoms with E-state index in [1.807, 2.05) is 30.0 Å². The molecule has 6 heteroatoms. The quantitative estimate of drug-likeness (QED) is 0.764. The zero-order chi connectivity index (χ0) is 18.4. The van der Waals surface area contributed by atoms with E-state index in [1.54, 1.807) is 6.92 Å². The molecule has 1 aliphatic heterocycles. The van der Waals surface area contributed by atoms with E-state index >= 15 is 0 Å². The summed E-state index contributed by atoms with van der Waals surface area (Å²) >= 11 is 11.9. The van der Waals surface area contributed by atoms with Crippen LogP contribution in [0.15, 0.2) is 18.2 Å². The molecule has 1 N–H and O–H groups in total. The summed E-state index contributed by atoms with van der Waals surface area (Å²) in [5, 5.41) is 4.83. The molecule has 1 aliphatic rings. The highest BCUT2D eigenvalue weighted by Crippen LogP contribution is 2.22. The van der Waals surface area contributed by atoms with E-state index in [2.05, 4.69) is 17.1 Å². The molecule has 1 aromatic rings. The highest BCUT2D eigenvalue weighted by molar-refractivity contribution is 7.80. The summed E-state index contributed by atoms with van der Waals surface area (Å²) < 4.78 is 0. The molecule has 4 nitrogen and oxygen atoms in total. The van der Waals surface area contributed by atoms with Gasteiger partial charge in [-0.15, -0.1) is 0 Å². The highest BCUT2D eigenvalue weighted by Gasteiger charge is 2.27. The molecule has 0 aromatic heterocycles.